The number of carbonyl (C=O) groups is 2. The Labute approximate surface area is 296 Å². The Bertz CT molecular complexity index is 1510. The lowest BCUT2D eigenvalue weighted by Gasteiger charge is -2.13. The Kier molecular flexibility index (Phi) is 27.3. The number of aromatic nitrogens is 2. The van der Waals surface area contributed by atoms with Crippen LogP contribution in [0.3, 0.4) is 0 Å². The van der Waals surface area contributed by atoms with Crippen LogP contribution in [0.15, 0.2) is 60.9 Å². The SMILES string of the molecule is C.C.C#CC#CC#C.CCN(CC)CC.COC(=O)[C@@H](N)Cc1c[nH]c2ccccc12.COC(=O)[C@@H](N)Cc1c[nH]c2ccccc12.Cl.[HH].[HH]. The van der Waals surface area contributed by atoms with Crippen molar-refractivity contribution in [1.29, 1.82) is 0 Å². The molecule has 0 amide bonds. The van der Waals surface area contributed by atoms with Crippen LogP contribution in [0.25, 0.3) is 21.8 Å². The Morgan fingerprint density at radius 2 is 1.08 bits per heavy atom. The van der Waals surface area contributed by atoms with Gasteiger partial charge in [-0.15, -0.1) is 25.3 Å². The summed E-state index contributed by atoms with van der Waals surface area (Å²) in [5.74, 6) is 7.84. The van der Waals surface area contributed by atoms with Gasteiger partial charge >= 0.3 is 11.9 Å². The van der Waals surface area contributed by atoms with E-state index in [0.717, 1.165) is 32.9 Å². The number of terminal acetylenes is 2. The maximum atomic E-state index is 11.2. The van der Waals surface area contributed by atoms with Gasteiger partial charge in [0.2, 0.25) is 0 Å². The molecule has 4 aromatic rings. The zero-order chi connectivity index (χ0) is 33.6. The van der Waals surface area contributed by atoms with Crippen molar-refractivity contribution in [3.63, 3.8) is 0 Å². The van der Waals surface area contributed by atoms with Gasteiger partial charge in [0.25, 0.3) is 0 Å². The third-order valence-electron chi connectivity index (χ3n) is 6.79. The molecule has 0 radical (unpaired) electrons. The first kappa shape index (κ1) is 47.7. The highest BCUT2D eigenvalue weighted by molar-refractivity contribution is 5.86. The molecule has 0 bridgehead atoms. The summed E-state index contributed by atoms with van der Waals surface area (Å²) in [5.41, 5.74) is 15.6. The molecule has 10 heteroatoms. The fourth-order valence-corrected chi connectivity index (χ4v) is 4.29. The van der Waals surface area contributed by atoms with E-state index in [0.29, 0.717) is 12.8 Å². The molecule has 48 heavy (non-hydrogen) atoms. The second kappa shape index (κ2) is 27.4. The Morgan fingerprint density at radius 3 is 1.35 bits per heavy atom. The minimum absolute atomic E-state index is 0. The van der Waals surface area contributed by atoms with Crippen LogP contribution in [-0.2, 0) is 31.9 Å². The second-order valence-corrected chi connectivity index (χ2v) is 9.54. The van der Waals surface area contributed by atoms with E-state index >= 15 is 0 Å². The van der Waals surface area contributed by atoms with Gasteiger partial charge in [0.05, 0.1) is 14.2 Å². The fraction of sp³-hybridized carbons (Fsp3) is 0.368. The van der Waals surface area contributed by atoms with E-state index in [-0.39, 0.29) is 42.1 Å². The summed E-state index contributed by atoms with van der Waals surface area (Å²) in [4.78, 5) is 31.1. The number of H-pyrrole nitrogens is 2. The van der Waals surface area contributed by atoms with Crippen molar-refractivity contribution in [2.45, 2.75) is 60.5 Å². The lowest BCUT2D eigenvalue weighted by Crippen LogP contribution is -2.33. The van der Waals surface area contributed by atoms with E-state index < -0.39 is 12.1 Å². The van der Waals surface area contributed by atoms with E-state index in [1.807, 2.05) is 60.9 Å². The van der Waals surface area contributed by atoms with Crippen LogP contribution in [0, 0.1) is 36.5 Å². The summed E-state index contributed by atoms with van der Waals surface area (Å²) in [6.07, 6.45) is 14.1. The highest BCUT2D eigenvalue weighted by Gasteiger charge is 2.17. The zero-order valence-corrected chi connectivity index (χ0v) is 28.1. The average molecular weight is 684 g/mol. The number of rotatable bonds is 9. The molecule has 266 valence electrons. The standard InChI is InChI=1S/2C12H14N2O2.C6H15N.C6H2.2CH4.ClH.2H2/c2*1-16-12(15)10(13)6-8-7-14-11-5-3-2-4-9(8)11;1-4-7(5-2)6-3;1-3-5-6-4-2;;;;;/h2*2-5,7,10,14H,6,13H2,1H3;4-6H2,1-3H3;1-2H;2*1H4;3*1H/t2*10-;;;;;;;/m00......./s1. The maximum absolute atomic E-state index is 11.2. The monoisotopic (exact) mass is 683 g/mol. The molecular formula is C38H58ClN5O4. The van der Waals surface area contributed by atoms with Crippen LogP contribution >= 0.6 is 12.4 Å². The first-order valence-corrected chi connectivity index (χ1v) is 14.6. The summed E-state index contributed by atoms with van der Waals surface area (Å²) in [6.45, 7) is 10.1. The summed E-state index contributed by atoms with van der Waals surface area (Å²) in [7, 11) is 2.69. The van der Waals surface area contributed by atoms with E-state index in [9.17, 15) is 9.59 Å². The molecule has 6 N–H and O–H groups in total. The number of nitrogens with one attached hydrogen (secondary N) is 2. The molecule has 2 atom stereocenters. The molecule has 0 fully saturated rings. The number of nitrogens with zero attached hydrogens (tertiary/aromatic N) is 1. The molecule has 0 saturated carbocycles. The predicted molar refractivity (Wildman–Crippen MR) is 208 cm³/mol. The molecule has 0 aliphatic heterocycles. The largest absolute Gasteiger partial charge is 0.468 e. The van der Waals surface area contributed by atoms with E-state index in [2.05, 4.69) is 68.8 Å². The molecule has 0 spiro atoms. The molecule has 0 aliphatic rings. The Hall–Kier alpha value is -4.69. The number of carbonyl (C=O) groups excluding carboxylic acids is 2. The number of ether oxygens (including phenoxy) is 2. The summed E-state index contributed by atoms with van der Waals surface area (Å²) < 4.78 is 9.20. The first-order chi connectivity index (χ1) is 21.7. The highest BCUT2D eigenvalue weighted by atomic mass is 35.5. The van der Waals surface area contributed by atoms with Crippen LogP contribution < -0.4 is 11.5 Å². The number of methoxy groups -OCH3 is 2. The van der Waals surface area contributed by atoms with Crippen molar-refractivity contribution in [1.82, 2.24) is 14.9 Å². The van der Waals surface area contributed by atoms with E-state index in [1.54, 1.807) is 0 Å². The lowest BCUT2D eigenvalue weighted by molar-refractivity contribution is -0.142. The molecule has 0 saturated heterocycles. The number of fused-ring (bicyclic) bond motifs is 2. The molecular weight excluding hydrogens is 626 g/mol. The van der Waals surface area contributed by atoms with Gasteiger partial charge in [-0.1, -0.05) is 72.0 Å². The van der Waals surface area contributed by atoms with Crippen LogP contribution in [0.2, 0.25) is 0 Å². The molecule has 0 unspecified atom stereocenters. The topological polar surface area (TPSA) is 139 Å². The maximum Gasteiger partial charge on any atom is 0.322 e. The van der Waals surface area contributed by atoms with Crippen molar-refractivity contribution in [2.75, 3.05) is 33.9 Å². The smallest absolute Gasteiger partial charge is 0.322 e. The van der Waals surface area contributed by atoms with Crippen LogP contribution in [0.1, 0.15) is 49.6 Å². The molecule has 2 aromatic carbocycles. The number of hydrogen-bond acceptors (Lipinski definition) is 7. The number of aromatic amines is 2. The number of para-hydroxylation sites is 2. The van der Waals surface area contributed by atoms with Crippen molar-refractivity contribution in [3.8, 4) is 36.5 Å². The summed E-state index contributed by atoms with van der Waals surface area (Å²) in [6, 6.07) is 14.6. The van der Waals surface area contributed by atoms with Gasteiger partial charge in [-0.25, -0.2) is 0 Å². The molecule has 0 aliphatic carbocycles. The van der Waals surface area contributed by atoms with Crippen molar-refractivity contribution in [2.24, 2.45) is 11.5 Å². The summed E-state index contributed by atoms with van der Waals surface area (Å²) in [5, 5.41) is 2.20. The highest BCUT2D eigenvalue weighted by Crippen LogP contribution is 2.19. The van der Waals surface area contributed by atoms with Crippen LogP contribution in [0.4, 0.5) is 0 Å². The zero-order valence-electron chi connectivity index (χ0n) is 27.3. The van der Waals surface area contributed by atoms with Crippen molar-refractivity contribution >= 4 is 46.2 Å². The van der Waals surface area contributed by atoms with Gasteiger partial charge in [-0.05, 0) is 66.6 Å². The first-order valence-electron chi connectivity index (χ1n) is 14.6. The molecule has 9 nitrogen and oxygen atoms in total. The van der Waals surface area contributed by atoms with Gasteiger partial charge in [0, 0.05) is 49.9 Å². The quantitative estimate of drug-likeness (QED) is 0.121. The second-order valence-electron chi connectivity index (χ2n) is 9.54. The van der Waals surface area contributed by atoms with Crippen LogP contribution in [-0.4, -0.2) is 72.7 Å². The van der Waals surface area contributed by atoms with Crippen LogP contribution in [0.5, 0.6) is 0 Å². The number of esters is 2. The van der Waals surface area contributed by atoms with Gasteiger partial charge in [-0.3, -0.25) is 9.59 Å². The van der Waals surface area contributed by atoms with E-state index in [1.165, 1.54) is 33.9 Å². The van der Waals surface area contributed by atoms with Gasteiger partial charge in [-0.2, -0.15) is 0 Å². The molecule has 4 rings (SSSR count). The minimum Gasteiger partial charge on any atom is -0.468 e. The lowest BCUT2D eigenvalue weighted by atomic mass is 10.1. The average Bonchev–Trinajstić information content (AvgIpc) is 3.68. The Balaban J connectivity index is -0.000000188. The summed E-state index contributed by atoms with van der Waals surface area (Å²) >= 11 is 0. The molecule has 2 aromatic heterocycles. The van der Waals surface area contributed by atoms with Crippen molar-refractivity contribution in [3.05, 3.63) is 72.1 Å². The Morgan fingerprint density at radius 1 is 0.750 bits per heavy atom. The fourth-order valence-electron chi connectivity index (χ4n) is 4.29. The number of hydrogen-bond donors (Lipinski definition) is 4. The third-order valence-corrected chi connectivity index (χ3v) is 6.79. The number of benzene rings is 2. The number of halogens is 1. The van der Waals surface area contributed by atoms with Crippen molar-refractivity contribution < 1.29 is 21.9 Å². The molecule has 2 heterocycles. The predicted octanol–water partition coefficient (Wildman–Crippen LogP) is 6.21. The van der Waals surface area contributed by atoms with Gasteiger partial charge < -0.3 is 35.8 Å². The van der Waals surface area contributed by atoms with Gasteiger partial charge in [0.1, 0.15) is 12.1 Å². The number of nitrogens with two attached hydrogens (primary N) is 2. The minimum atomic E-state index is -0.607. The van der Waals surface area contributed by atoms with E-state index in [4.69, 9.17) is 24.3 Å². The normalized spacial score (nSPS) is 10.3. The third kappa shape index (κ3) is 16.2. The van der Waals surface area contributed by atoms with Gasteiger partial charge in [0.15, 0.2) is 0 Å².